The molecule has 0 aliphatic carbocycles. The predicted octanol–water partition coefficient (Wildman–Crippen LogP) is 3.15. The molecule has 1 aliphatic rings. The number of piperidine rings is 1. The minimum atomic E-state index is -0.433. The molecule has 0 spiro atoms. The van der Waals surface area contributed by atoms with Crippen molar-refractivity contribution in [2.75, 3.05) is 11.4 Å². The first-order valence-electron chi connectivity index (χ1n) is 7.02. The third-order valence-electron chi connectivity index (χ3n) is 3.97. The number of aliphatic hydroxyl groups excluding tert-OH is 1. The van der Waals surface area contributed by atoms with Crippen LogP contribution in [0.4, 0.5) is 5.69 Å². The number of anilines is 1. The quantitative estimate of drug-likeness (QED) is 0.892. The maximum absolute atomic E-state index is 9.74. The summed E-state index contributed by atoms with van der Waals surface area (Å²) in [5.41, 5.74) is 1.96. The molecule has 0 amide bonds. The first-order valence-corrected chi connectivity index (χ1v) is 7.02. The Hall–Kier alpha value is -1.09. The molecule has 0 aromatic carbocycles. The van der Waals surface area contributed by atoms with E-state index in [1.165, 1.54) is 18.5 Å². The van der Waals surface area contributed by atoms with Gasteiger partial charge in [0.1, 0.15) is 0 Å². The van der Waals surface area contributed by atoms with Crippen LogP contribution in [0.5, 0.6) is 0 Å². The molecule has 3 heteroatoms. The second-order valence-electron chi connectivity index (χ2n) is 5.54. The van der Waals surface area contributed by atoms with Crippen molar-refractivity contribution in [3.05, 3.63) is 24.0 Å². The molecule has 1 aromatic rings. The van der Waals surface area contributed by atoms with E-state index in [1.807, 2.05) is 19.2 Å². The van der Waals surface area contributed by atoms with Crippen LogP contribution < -0.4 is 4.90 Å². The van der Waals surface area contributed by atoms with E-state index in [1.54, 1.807) is 0 Å². The number of aliphatic hydroxyl groups is 1. The summed E-state index contributed by atoms with van der Waals surface area (Å²) in [4.78, 5) is 6.81. The SMILES string of the molecule is CCC(O)c1ccc(N2CCC(C)CC2C)cn1. The smallest absolute Gasteiger partial charge is 0.0957 e. The lowest BCUT2D eigenvalue weighted by Crippen LogP contribution is -2.40. The van der Waals surface area contributed by atoms with E-state index in [9.17, 15) is 5.11 Å². The lowest BCUT2D eigenvalue weighted by Gasteiger charge is -2.38. The molecule has 0 saturated carbocycles. The number of rotatable bonds is 3. The van der Waals surface area contributed by atoms with Crippen LogP contribution in [0, 0.1) is 5.92 Å². The summed E-state index contributed by atoms with van der Waals surface area (Å²) in [5.74, 6) is 0.824. The summed E-state index contributed by atoms with van der Waals surface area (Å²) in [5, 5.41) is 9.74. The van der Waals surface area contributed by atoms with Gasteiger partial charge in [-0.2, -0.15) is 0 Å². The molecule has 100 valence electrons. The van der Waals surface area contributed by atoms with Gasteiger partial charge in [0.15, 0.2) is 0 Å². The lowest BCUT2D eigenvalue weighted by atomic mass is 9.93. The average Bonchev–Trinajstić information content (AvgIpc) is 2.38. The second-order valence-corrected chi connectivity index (χ2v) is 5.54. The molecule has 3 unspecified atom stereocenters. The zero-order valence-corrected chi connectivity index (χ0v) is 11.6. The van der Waals surface area contributed by atoms with Crippen molar-refractivity contribution in [2.45, 2.75) is 52.2 Å². The third kappa shape index (κ3) is 2.83. The molecular formula is C15H24N2O. The van der Waals surface area contributed by atoms with Crippen LogP contribution in [-0.4, -0.2) is 22.7 Å². The van der Waals surface area contributed by atoms with E-state index >= 15 is 0 Å². The summed E-state index contributed by atoms with van der Waals surface area (Å²) in [6.07, 6.45) is 4.69. The van der Waals surface area contributed by atoms with Crippen molar-refractivity contribution in [1.29, 1.82) is 0 Å². The number of nitrogens with zero attached hydrogens (tertiary/aromatic N) is 2. The minimum absolute atomic E-state index is 0.433. The van der Waals surface area contributed by atoms with Crippen molar-refractivity contribution in [3.63, 3.8) is 0 Å². The Morgan fingerprint density at radius 3 is 2.78 bits per heavy atom. The number of pyridine rings is 1. The zero-order valence-electron chi connectivity index (χ0n) is 11.6. The van der Waals surface area contributed by atoms with Crippen molar-refractivity contribution in [2.24, 2.45) is 5.92 Å². The zero-order chi connectivity index (χ0) is 13.1. The van der Waals surface area contributed by atoms with Crippen molar-refractivity contribution >= 4 is 5.69 Å². The topological polar surface area (TPSA) is 36.4 Å². The summed E-state index contributed by atoms with van der Waals surface area (Å²) in [7, 11) is 0. The van der Waals surface area contributed by atoms with Crippen LogP contribution in [0.3, 0.4) is 0 Å². The minimum Gasteiger partial charge on any atom is -0.387 e. The third-order valence-corrected chi connectivity index (χ3v) is 3.97. The van der Waals surface area contributed by atoms with E-state index in [0.717, 1.165) is 18.2 Å². The fourth-order valence-electron chi connectivity index (χ4n) is 2.76. The summed E-state index contributed by atoms with van der Waals surface area (Å²) < 4.78 is 0. The Morgan fingerprint density at radius 1 is 1.44 bits per heavy atom. The molecule has 3 nitrogen and oxygen atoms in total. The van der Waals surface area contributed by atoms with Gasteiger partial charge >= 0.3 is 0 Å². The van der Waals surface area contributed by atoms with Crippen LogP contribution in [-0.2, 0) is 0 Å². The molecular weight excluding hydrogens is 224 g/mol. The Balaban J connectivity index is 2.09. The van der Waals surface area contributed by atoms with Gasteiger partial charge in [0.05, 0.1) is 23.7 Å². The second kappa shape index (κ2) is 5.70. The van der Waals surface area contributed by atoms with Crippen LogP contribution in [0.1, 0.15) is 51.8 Å². The molecule has 2 heterocycles. The molecule has 0 radical (unpaired) electrons. The molecule has 0 bridgehead atoms. The van der Waals surface area contributed by atoms with E-state index in [2.05, 4.69) is 29.8 Å². The molecule has 3 atom stereocenters. The van der Waals surface area contributed by atoms with Crippen LogP contribution >= 0.6 is 0 Å². The van der Waals surface area contributed by atoms with Crippen molar-refractivity contribution in [3.8, 4) is 0 Å². The number of hydrogen-bond acceptors (Lipinski definition) is 3. The molecule has 1 saturated heterocycles. The fraction of sp³-hybridized carbons (Fsp3) is 0.667. The van der Waals surface area contributed by atoms with Gasteiger partial charge in [0, 0.05) is 12.6 Å². The summed E-state index contributed by atoms with van der Waals surface area (Å²) in [6.45, 7) is 7.69. The van der Waals surface area contributed by atoms with E-state index < -0.39 is 6.10 Å². The highest BCUT2D eigenvalue weighted by molar-refractivity contribution is 5.46. The lowest BCUT2D eigenvalue weighted by molar-refractivity contribution is 0.169. The largest absolute Gasteiger partial charge is 0.387 e. The molecule has 1 fully saturated rings. The van der Waals surface area contributed by atoms with E-state index in [0.29, 0.717) is 12.5 Å². The van der Waals surface area contributed by atoms with Gasteiger partial charge in [0.25, 0.3) is 0 Å². The highest BCUT2D eigenvalue weighted by Gasteiger charge is 2.23. The maximum Gasteiger partial charge on any atom is 0.0957 e. The summed E-state index contributed by atoms with van der Waals surface area (Å²) >= 11 is 0. The van der Waals surface area contributed by atoms with Gasteiger partial charge in [-0.15, -0.1) is 0 Å². The van der Waals surface area contributed by atoms with Gasteiger partial charge < -0.3 is 10.0 Å². The Labute approximate surface area is 110 Å². The number of aromatic nitrogens is 1. The standard InChI is InChI=1S/C15H24N2O/c1-4-15(18)14-6-5-13(10-16-14)17-8-7-11(2)9-12(17)3/h5-6,10-12,15,18H,4,7-9H2,1-3H3. The molecule has 1 aromatic heterocycles. The molecule has 18 heavy (non-hydrogen) atoms. The van der Waals surface area contributed by atoms with Gasteiger partial charge in [-0.3, -0.25) is 4.98 Å². The molecule has 2 rings (SSSR count). The highest BCUT2D eigenvalue weighted by Crippen LogP contribution is 2.27. The molecule has 1 aliphatic heterocycles. The monoisotopic (exact) mass is 248 g/mol. The van der Waals surface area contributed by atoms with Crippen LogP contribution in [0.2, 0.25) is 0 Å². The molecule has 1 N–H and O–H groups in total. The van der Waals surface area contributed by atoms with Crippen molar-refractivity contribution in [1.82, 2.24) is 4.98 Å². The van der Waals surface area contributed by atoms with E-state index in [4.69, 9.17) is 0 Å². The fourth-order valence-corrected chi connectivity index (χ4v) is 2.76. The highest BCUT2D eigenvalue weighted by atomic mass is 16.3. The van der Waals surface area contributed by atoms with Crippen LogP contribution in [0.15, 0.2) is 18.3 Å². The van der Waals surface area contributed by atoms with Crippen LogP contribution in [0.25, 0.3) is 0 Å². The van der Waals surface area contributed by atoms with Crippen molar-refractivity contribution < 1.29 is 5.11 Å². The first kappa shape index (κ1) is 13.3. The normalized spacial score (nSPS) is 26.1. The van der Waals surface area contributed by atoms with Gasteiger partial charge in [0.2, 0.25) is 0 Å². The average molecular weight is 248 g/mol. The van der Waals surface area contributed by atoms with E-state index in [-0.39, 0.29) is 0 Å². The Kier molecular flexibility index (Phi) is 4.23. The number of hydrogen-bond donors (Lipinski definition) is 1. The maximum atomic E-state index is 9.74. The van der Waals surface area contributed by atoms with Gasteiger partial charge in [-0.1, -0.05) is 13.8 Å². The predicted molar refractivity (Wildman–Crippen MR) is 74.7 cm³/mol. The Bertz CT molecular complexity index is 377. The van der Waals surface area contributed by atoms with Gasteiger partial charge in [-0.05, 0) is 44.2 Å². The van der Waals surface area contributed by atoms with Gasteiger partial charge in [-0.25, -0.2) is 0 Å². The Morgan fingerprint density at radius 2 is 2.22 bits per heavy atom. The summed E-state index contributed by atoms with van der Waals surface area (Å²) in [6, 6.07) is 4.62. The first-order chi connectivity index (χ1) is 8.61.